The van der Waals surface area contributed by atoms with Crippen LogP contribution in [-0.4, -0.2) is 56.6 Å². The molecule has 1 aromatic carbocycles. The number of allylic oxidation sites excluding steroid dienone is 1. The second kappa shape index (κ2) is 9.97. The fourth-order valence-electron chi connectivity index (χ4n) is 2.96. The van der Waals surface area contributed by atoms with Gasteiger partial charge in [0.15, 0.2) is 0 Å². The van der Waals surface area contributed by atoms with Crippen LogP contribution >= 0.6 is 0 Å². The Morgan fingerprint density at radius 1 is 1.33 bits per heavy atom. The van der Waals surface area contributed by atoms with E-state index in [0.717, 1.165) is 12.1 Å². The number of hydrogen-bond acceptors (Lipinski definition) is 5. The average Bonchev–Trinajstić information content (AvgIpc) is 2.66. The molecule has 2 amide bonds. The molecule has 0 bridgehead atoms. The Labute approximate surface area is 160 Å². The number of rotatable bonds is 8. The first-order valence-corrected chi connectivity index (χ1v) is 9.07. The second-order valence-corrected chi connectivity index (χ2v) is 6.74. The number of hydrogen-bond donors (Lipinski definition) is 2. The lowest BCUT2D eigenvalue weighted by Gasteiger charge is -2.34. The van der Waals surface area contributed by atoms with Crippen molar-refractivity contribution in [3.05, 3.63) is 35.4 Å². The van der Waals surface area contributed by atoms with Gasteiger partial charge in [-0.25, -0.2) is 0 Å². The zero-order chi connectivity index (χ0) is 19.8. The molecule has 7 nitrogen and oxygen atoms in total. The van der Waals surface area contributed by atoms with Crippen molar-refractivity contribution >= 4 is 11.8 Å². The standard InChI is InChI=1S/C20H29N3O4/c1-14(2)7-9-23-10-8-21-20(25)17(23)12-19(24)22-13-15-11-16(26-3)5-6-18(15)27-4/h5-7,11,17H,8-10,12-13H2,1-4H3,(H,21,25)(H,22,24)/t17-/m0/s1. The minimum absolute atomic E-state index is 0.0995. The third kappa shape index (κ3) is 5.99. The number of carbonyl (C=O) groups is 2. The Bertz CT molecular complexity index is 698. The number of amides is 2. The molecule has 0 spiro atoms. The molecule has 1 atom stereocenters. The Kier molecular flexibility index (Phi) is 7.67. The monoisotopic (exact) mass is 375 g/mol. The maximum atomic E-state index is 12.5. The lowest BCUT2D eigenvalue weighted by Crippen LogP contribution is -2.56. The van der Waals surface area contributed by atoms with Gasteiger partial charge in [-0.3, -0.25) is 14.5 Å². The summed E-state index contributed by atoms with van der Waals surface area (Å²) in [4.78, 5) is 26.8. The van der Waals surface area contributed by atoms with Crippen LogP contribution in [0.5, 0.6) is 11.5 Å². The summed E-state index contributed by atoms with van der Waals surface area (Å²) in [6.45, 7) is 6.35. The first-order chi connectivity index (χ1) is 12.9. The summed E-state index contributed by atoms with van der Waals surface area (Å²) >= 11 is 0. The number of nitrogens with zero attached hydrogens (tertiary/aromatic N) is 1. The smallest absolute Gasteiger partial charge is 0.237 e. The highest BCUT2D eigenvalue weighted by molar-refractivity contribution is 5.88. The van der Waals surface area contributed by atoms with Crippen molar-refractivity contribution in [1.82, 2.24) is 15.5 Å². The molecule has 0 saturated carbocycles. The molecular formula is C20H29N3O4. The first-order valence-electron chi connectivity index (χ1n) is 9.07. The maximum Gasteiger partial charge on any atom is 0.237 e. The van der Waals surface area contributed by atoms with Gasteiger partial charge in [-0.1, -0.05) is 11.6 Å². The van der Waals surface area contributed by atoms with Gasteiger partial charge in [-0.2, -0.15) is 0 Å². The normalized spacial score (nSPS) is 17.0. The van der Waals surface area contributed by atoms with Crippen molar-refractivity contribution in [3.63, 3.8) is 0 Å². The van der Waals surface area contributed by atoms with Crippen LogP contribution in [0.3, 0.4) is 0 Å². The highest BCUT2D eigenvalue weighted by Crippen LogP contribution is 2.23. The quantitative estimate of drug-likeness (QED) is 0.673. The van der Waals surface area contributed by atoms with Gasteiger partial charge >= 0.3 is 0 Å². The van der Waals surface area contributed by atoms with Crippen molar-refractivity contribution in [3.8, 4) is 11.5 Å². The number of nitrogens with one attached hydrogen (secondary N) is 2. The van der Waals surface area contributed by atoms with E-state index in [1.54, 1.807) is 26.4 Å². The van der Waals surface area contributed by atoms with Crippen LogP contribution in [0.15, 0.2) is 29.8 Å². The summed E-state index contributed by atoms with van der Waals surface area (Å²) in [5.41, 5.74) is 2.01. The van der Waals surface area contributed by atoms with E-state index < -0.39 is 6.04 Å². The highest BCUT2D eigenvalue weighted by Gasteiger charge is 2.30. The van der Waals surface area contributed by atoms with E-state index in [2.05, 4.69) is 16.7 Å². The molecule has 0 aromatic heterocycles. The van der Waals surface area contributed by atoms with E-state index in [1.807, 2.05) is 24.8 Å². The molecule has 2 N–H and O–H groups in total. The van der Waals surface area contributed by atoms with Crippen LogP contribution in [0.25, 0.3) is 0 Å². The van der Waals surface area contributed by atoms with Gasteiger partial charge in [0.05, 0.1) is 26.7 Å². The highest BCUT2D eigenvalue weighted by atomic mass is 16.5. The van der Waals surface area contributed by atoms with Crippen LogP contribution in [0.1, 0.15) is 25.8 Å². The Hall–Kier alpha value is -2.54. The summed E-state index contributed by atoms with van der Waals surface area (Å²) < 4.78 is 10.6. The van der Waals surface area contributed by atoms with Gasteiger partial charge < -0.3 is 20.1 Å². The number of methoxy groups -OCH3 is 2. The van der Waals surface area contributed by atoms with E-state index in [0.29, 0.717) is 31.1 Å². The van der Waals surface area contributed by atoms with Crippen molar-refractivity contribution in [2.75, 3.05) is 33.9 Å². The van der Waals surface area contributed by atoms with Crippen molar-refractivity contribution in [2.24, 2.45) is 0 Å². The number of piperazine rings is 1. The molecule has 27 heavy (non-hydrogen) atoms. The number of carbonyl (C=O) groups excluding carboxylic acids is 2. The van der Waals surface area contributed by atoms with Crippen LogP contribution in [0.4, 0.5) is 0 Å². The fourth-order valence-corrected chi connectivity index (χ4v) is 2.96. The molecule has 1 saturated heterocycles. The maximum absolute atomic E-state index is 12.5. The van der Waals surface area contributed by atoms with Crippen LogP contribution in [0.2, 0.25) is 0 Å². The zero-order valence-electron chi connectivity index (χ0n) is 16.5. The SMILES string of the molecule is COc1ccc(OC)c(CNC(=O)C[C@H]2C(=O)NCCN2CC=C(C)C)c1. The summed E-state index contributed by atoms with van der Waals surface area (Å²) in [6.07, 6.45) is 2.19. The van der Waals surface area contributed by atoms with Gasteiger partial charge in [0, 0.05) is 31.7 Å². The third-order valence-corrected chi connectivity index (χ3v) is 4.52. The minimum Gasteiger partial charge on any atom is -0.497 e. The largest absolute Gasteiger partial charge is 0.497 e. The molecular weight excluding hydrogens is 346 g/mol. The van der Waals surface area contributed by atoms with E-state index in [-0.39, 0.29) is 18.2 Å². The summed E-state index contributed by atoms with van der Waals surface area (Å²) in [6, 6.07) is 4.97. The average molecular weight is 375 g/mol. The molecule has 0 aliphatic carbocycles. The molecule has 1 fully saturated rings. The lowest BCUT2D eigenvalue weighted by molar-refractivity contribution is -0.133. The van der Waals surface area contributed by atoms with Gasteiger partial charge in [0.2, 0.25) is 11.8 Å². The molecule has 1 aliphatic heterocycles. The van der Waals surface area contributed by atoms with Gasteiger partial charge in [-0.05, 0) is 32.0 Å². The van der Waals surface area contributed by atoms with Crippen molar-refractivity contribution in [1.29, 1.82) is 0 Å². The van der Waals surface area contributed by atoms with Crippen LogP contribution in [0, 0.1) is 0 Å². The Morgan fingerprint density at radius 3 is 2.78 bits per heavy atom. The Morgan fingerprint density at radius 2 is 2.11 bits per heavy atom. The molecule has 1 aromatic rings. The molecule has 148 valence electrons. The van der Waals surface area contributed by atoms with Crippen LogP contribution < -0.4 is 20.1 Å². The van der Waals surface area contributed by atoms with E-state index in [4.69, 9.17) is 9.47 Å². The molecule has 2 rings (SSSR count). The molecule has 7 heteroatoms. The Balaban J connectivity index is 1.99. The summed E-state index contributed by atoms with van der Waals surface area (Å²) in [5.74, 6) is 1.10. The predicted octanol–water partition coefficient (Wildman–Crippen LogP) is 1.48. The molecule has 0 radical (unpaired) electrons. The van der Waals surface area contributed by atoms with Crippen LogP contribution in [-0.2, 0) is 16.1 Å². The molecule has 1 heterocycles. The lowest BCUT2D eigenvalue weighted by atomic mass is 10.1. The van der Waals surface area contributed by atoms with E-state index in [1.165, 1.54) is 5.57 Å². The third-order valence-electron chi connectivity index (χ3n) is 4.52. The fraction of sp³-hybridized carbons (Fsp3) is 0.500. The number of benzene rings is 1. The minimum atomic E-state index is -0.457. The van der Waals surface area contributed by atoms with Gasteiger partial charge in [0.25, 0.3) is 0 Å². The van der Waals surface area contributed by atoms with Gasteiger partial charge in [-0.15, -0.1) is 0 Å². The van der Waals surface area contributed by atoms with E-state index >= 15 is 0 Å². The topological polar surface area (TPSA) is 79.9 Å². The van der Waals surface area contributed by atoms with Crippen molar-refractivity contribution < 1.29 is 19.1 Å². The van der Waals surface area contributed by atoms with Crippen molar-refractivity contribution in [2.45, 2.75) is 32.9 Å². The zero-order valence-corrected chi connectivity index (χ0v) is 16.5. The first kappa shape index (κ1) is 20.8. The summed E-state index contributed by atoms with van der Waals surface area (Å²) in [7, 11) is 3.17. The second-order valence-electron chi connectivity index (χ2n) is 6.74. The predicted molar refractivity (Wildman–Crippen MR) is 104 cm³/mol. The van der Waals surface area contributed by atoms with Gasteiger partial charge in [0.1, 0.15) is 11.5 Å². The van der Waals surface area contributed by atoms with E-state index in [9.17, 15) is 9.59 Å². The molecule has 0 unspecified atom stereocenters. The summed E-state index contributed by atoms with van der Waals surface area (Å²) in [5, 5.41) is 5.73. The molecule has 1 aliphatic rings. The number of ether oxygens (including phenoxy) is 2.